The molecule has 1 saturated heterocycles. The molecule has 1 saturated carbocycles. The highest BCUT2D eigenvalue weighted by Gasteiger charge is 2.44. The lowest BCUT2D eigenvalue weighted by Crippen LogP contribution is -2.41. The number of amides is 1. The summed E-state index contributed by atoms with van der Waals surface area (Å²) in [4.78, 5) is 19.4. The number of aryl methyl sites for hydroxylation is 1. The summed E-state index contributed by atoms with van der Waals surface area (Å²) in [6.45, 7) is 8.32. The fourth-order valence-electron chi connectivity index (χ4n) is 4.76. The number of guanidine groups is 1. The second-order valence-corrected chi connectivity index (χ2v) is 9.32. The summed E-state index contributed by atoms with van der Waals surface area (Å²) in [5.41, 5.74) is 4.28. The molecule has 4 rings (SSSR count). The Labute approximate surface area is 215 Å². The van der Waals surface area contributed by atoms with Gasteiger partial charge < -0.3 is 15.5 Å². The van der Waals surface area contributed by atoms with Crippen LogP contribution in [0.3, 0.4) is 0 Å². The Kier molecular flexibility index (Phi) is 9.18. The minimum atomic E-state index is 0. The number of benzene rings is 2. The molecule has 0 spiro atoms. The van der Waals surface area contributed by atoms with Crippen LogP contribution in [0.2, 0.25) is 0 Å². The monoisotopic (exact) mass is 560 g/mol. The Bertz CT molecular complexity index is 942. The number of rotatable bonds is 9. The molecule has 1 amide bonds. The number of carbonyl (C=O) groups is 1. The van der Waals surface area contributed by atoms with Crippen LogP contribution in [-0.2, 0) is 16.6 Å². The quantitative estimate of drug-likeness (QED) is 0.274. The van der Waals surface area contributed by atoms with E-state index in [9.17, 15) is 4.79 Å². The number of likely N-dealkylation sites (tertiary alicyclic amines) is 1. The van der Waals surface area contributed by atoms with Crippen molar-refractivity contribution in [2.24, 2.45) is 10.9 Å². The van der Waals surface area contributed by atoms with Crippen molar-refractivity contribution in [1.82, 2.24) is 15.5 Å². The van der Waals surface area contributed by atoms with Crippen LogP contribution in [0.5, 0.6) is 0 Å². The maximum absolute atomic E-state index is 12.5. The SMILES string of the molecule is CCNC(=NCC1(c2ccccc2C)CC1)NCC1CC(=O)N(CCc2ccccc2)C1.I. The normalized spacial score (nSPS) is 19.2. The maximum atomic E-state index is 12.5. The van der Waals surface area contributed by atoms with E-state index in [1.165, 1.54) is 29.5 Å². The molecule has 1 heterocycles. The van der Waals surface area contributed by atoms with Crippen LogP contribution in [0.1, 0.15) is 42.9 Å². The highest BCUT2D eigenvalue weighted by atomic mass is 127. The topological polar surface area (TPSA) is 56.7 Å². The van der Waals surface area contributed by atoms with Gasteiger partial charge in [0.15, 0.2) is 5.96 Å². The first-order chi connectivity index (χ1) is 15.6. The zero-order chi connectivity index (χ0) is 22.4. The highest BCUT2D eigenvalue weighted by molar-refractivity contribution is 14.0. The predicted molar refractivity (Wildman–Crippen MR) is 146 cm³/mol. The molecule has 5 nitrogen and oxygen atoms in total. The lowest BCUT2D eigenvalue weighted by Gasteiger charge is -2.19. The fraction of sp³-hybridized carbons (Fsp3) is 0.481. The molecule has 2 aromatic carbocycles. The van der Waals surface area contributed by atoms with E-state index >= 15 is 0 Å². The largest absolute Gasteiger partial charge is 0.357 e. The number of carbonyl (C=O) groups excluding carboxylic acids is 1. The molecule has 2 fully saturated rings. The van der Waals surface area contributed by atoms with Crippen molar-refractivity contribution < 1.29 is 4.79 Å². The van der Waals surface area contributed by atoms with Crippen molar-refractivity contribution >= 4 is 35.8 Å². The van der Waals surface area contributed by atoms with E-state index in [0.717, 1.165) is 45.1 Å². The lowest BCUT2D eigenvalue weighted by molar-refractivity contribution is -0.127. The zero-order valence-corrected chi connectivity index (χ0v) is 22.2. The number of hydrogen-bond donors (Lipinski definition) is 2. The molecule has 0 bridgehead atoms. The summed E-state index contributed by atoms with van der Waals surface area (Å²) in [7, 11) is 0. The van der Waals surface area contributed by atoms with Crippen molar-refractivity contribution in [3.8, 4) is 0 Å². The molecule has 0 radical (unpaired) electrons. The Hall–Kier alpha value is -2.09. The molecular formula is C27H37IN4O. The standard InChI is InChI=1S/C27H36N4O.HI/c1-3-28-26(30-20-27(14-15-27)24-12-8-7-9-21(24)2)29-18-23-17-25(32)31(19-23)16-13-22-10-5-4-6-11-22;/h4-12,23H,3,13-20H2,1-2H3,(H2,28,29,30);1H. The predicted octanol–water partition coefficient (Wildman–Crippen LogP) is 4.29. The van der Waals surface area contributed by atoms with Crippen LogP contribution in [0.4, 0.5) is 0 Å². The van der Waals surface area contributed by atoms with Gasteiger partial charge >= 0.3 is 0 Å². The average molecular weight is 561 g/mol. The first-order valence-corrected chi connectivity index (χ1v) is 12.0. The van der Waals surface area contributed by atoms with E-state index in [1.807, 2.05) is 11.0 Å². The molecular weight excluding hydrogens is 523 g/mol. The van der Waals surface area contributed by atoms with Gasteiger partial charge in [0, 0.05) is 43.9 Å². The Balaban J connectivity index is 0.00000306. The molecule has 1 atom stereocenters. The molecule has 0 aromatic heterocycles. The molecule has 1 aliphatic carbocycles. The highest BCUT2D eigenvalue weighted by Crippen LogP contribution is 2.49. The van der Waals surface area contributed by atoms with E-state index in [-0.39, 0.29) is 35.3 Å². The summed E-state index contributed by atoms with van der Waals surface area (Å²) in [5.74, 6) is 1.46. The molecule has 1 unspecified atom stereocenters. The summed E-state index contributed by atoms with van der Waals surface area (Å²) in [6, 6.07) is 19.1. The molecule has 178 valence electrons. The second kappa shape index (κ2) is 11.9. The molecule has 2 N–H and O–H groups in total. The van der Waals surface area contributed by atoms with Crippen molar-refractivity contribution in [1.29, 1.82) is 0 Å². The maximum Gasteiger partial charge on any atom is 0.223 e. The van der Waals surface area contributed by atoms with Crippen molar-refractivity contribution in [3.05, 3.63) is 71.3 Å². The molecule has 2 aliphatic rings. The molecule has 33 heavy (non-hydrogen) atoms. The van der Waals surface area contributed by atoms with Gasteiger partial charge in [0.1, 0.15) is 0 Å². The second-order valence-electron chi connectivity index (χ2n) is 9.32. The Morgan fingerprint density at radius 2 is 1.82 bits per heavy atom. The third-order valence-corrected chi connectivity index (χ3v) is 6.82. The number of hydrogen-bond acceptors (Lipinski definition) is 2. The third-order valence-electron chi connectivity index (χ3n) is 6.82. The summed E-state index contributed by atoms with van der Waals surface area (Å²) in [6.07, 6.45) is 3.94. The van der Waals surface area contributed by atoms with Gasteiger partial charge in [-0.15, -0.1) is 24.0 Å². The lowest BCUT2D eigenvalue weighted by atomic mass is 9.92. The fourth-order valence-corrected chi connectivity index (χ4v) is 4.76. The van der Waals surface area contributed by atoms with Gasteiger partial charge in [0.25, 0.3) is 0 Å². The smallest absolute Gasteiger partial charge is 0.223 e. The minimum absolute atomic E-state index is 0. The van der Waals surface area contributed by atoms with Crippen LogP contribution < -0.4 is 10.6 Å². The van der Waals surface area contributed by atoms with Crippen molar-refractivity contribution in [2.75, 3.05) is 32.7 Å². The van der Waals surface area contributed by atoms with Gasteiger partial charge in [0.2, 0.25) is 5.91 Å². The number of aliphatic imine (C=N–C) groups is 1. The van der Waals surface area contributed by atoms with Crippen LogP contribution in [0.25, 0.3) is 0 Å². The van der Waals surface area contributed by atoms with E-state index in [4.69, 9.17) is 4.99 Å². The minimum Gasteiger partial charge on any atom is -0.357 e. The van der Waals surface area contributed by atoms with Crippen LogP contribution in [0, 0.1) is 12.8 Å². The summed E-state index contributed by atoms with van der Waals surface area (Å²) >= 11 is 0. The van der Waals surface area contributed by atoms with Gasteiger partial charge in [-0.05, 0) is 49.8 Å². The molecule has 6 heteroatoms. The first kappa shape index (κ1) is 25.5. The van der Waals surface area contributed by atoms with Crippen LogP contribution in [0.15, 0.2) is 59.6 Å². The van der Waals surface area contributed by atoms with Crippen molar-refractivity contribution in [3.63, 3.8) is 0 Å². The van der Waals surface area contributed by atoms with Gasteiger partial charge in [-0.3, -0.25) is 9.79 Å². The van der Waals surface area contributed by atoms with E-state index in [0.29, 0.717) is 12.3 Å². The summed E-state index contributed by atoms with van der Waals surface area (Å²) in [5, 5.41) is 6.89. The van der Waals surface area contributed by atoms with Gasteiger partial charge in [-0.25, -0.2) is 0 Å². The number of nitrogens with one attached hydrogen (secondary N) is 2. The van der Waals surface area contributed by atoms with Crippen LogP contribution in [-0.4, -0.2) is 49.5 Å². The average Bonchev–Trinajstić information content (AvgIpc) is 3.51. The Morgan fingerprint density at radius 1 is 1.09 bits per heavy atom. The van der Waals surface area contributed by atoms with Gasteiger partial charge in [-0.2, -0.15) is 0 Å². The first-order valence-electron chi connectivity index (χ1n) is 12.0. The van der Waals surface area contributed by atoms with Gasteiger partial charge in [0.05, 0.1) is 6.54 Å². The number of nitrogens with zero attached hydrogens (tertiary/aromatic N) is 2. The molecule has 2 aromatic rings. The van der Waals surface area contributed by atoms with E-state index in [2.05, 4.69) is 73.0 Å². The van der Waals surface area contributed by atoms with E-state index in [1.54, 1.807) is 0 Å². The number of halogens is 1. The summed E-state index contributed by atoms with van der Waals surface area (Å²) < 4.78 is 0. The van der Waals surface area contributed by atoms with Crippen molar-refractivity contribution in [2.45, 2.75) is 44.9 Å². The molecule has 1 aliphatic heterocycles. The zero-order valence-electron chi connectivity index (χ0n) is 19.8. The van der Waals surface area contributed by atoms with Gasteiger partial charge in [-0.1, -0.05) is 54.6 Å². The van der Waals surface area contributed by atoms with E-state index < -0.39 is 0 Å². The third kappa shape index (κ3) is 6.71. The van der Waals surface area contributed by atoms with Crippen LogP contribution >= 0.6 is 24.0 Å². The Morgan fingerprint density at radius 3 is 2.52 bits per heavy atom.